The summed E-state index contributed by atoms with van der Waals surface area (Å²) >= 11 is 0. The molecule has 0 aromatic heterocycles. The Kier molecular flexibility index (Phi) is 3.41. The molecule has 18 heavy (non-hydrogen) atoms. The lowest BCUT2D eigenvalue weighted by molar-refractivity contribution is 0.0469. The van der Waals surface area contributed by atoms with Gasteiger partial charge in [-0.05, 0) is 37.9 Å². The third-order valence-corrected chi connectivity index (χ3v) is 4.17. The van der Waals surface area contributed by atoms with E-state index in [9.17, 15) is 0 Å². The molecule has 2 unspecified atom stereocenters. The largest absolute Gasteiger partial charge is 0.486 e. The molecule has 98 valence electrons. The number of ether oxygens (including phenoxy) is 2. The Labute approximate surface area is 108 Å². The summed E-state index contributed by atoms with van der Waals surface area (Å²) in [6.45, 7) is 0.652. The van der Waals surface area contributed by atoms with Crippen LogP contribution < -0.4 is 14.8 Å². The number of nitrogens with one attached hydrogen (secondary N) is 1. The second-order valence-corrected chi connectivity index (χ2v) is 5.27. The van der Waals surface area contributed by atoms with Crippen LogP contribution in [-0.4, -0.2) is 25.8 Å². The van der Waals surface area contributed by atoms with E-state index in [4.69, 9.17) is 9.47 Å². The molecule has 1 aromatic rings. The van der Waals surface area contributed by atoms with Crippen LogP contribution in [0.5, 0.6) is 11.5 Å². The van der Waals surface area contributed by atoms with Gasteiger partial charge in [0.05, 0.1) is 6.04 Å². The zero-order chi connectivity index (χ0) is 12.4. The molecule has 0 saturated heterocycles. The van der Waals surface area contributed by atoms with Crippen LogP contribution in [0.3, 0.4) is 0 Å². The van der Waals surface area contributed by atoms with Gasteiger partial charge in [0.15, 0.2) is 11.5 Å². The minimum atomic E-state index is 0.132. The first kappa shape index (κ1) is 11.8. The fourth-order valence-corrected chi connectivity index (χ4v) is 3.25. The van der Waals surface area contributed by atoms with E-state index in [0.29, 0.717) is 12.6 Å². The normalized spacial score (nSPS) is 25.1. The van der Waals surface area contributed by atoms with Crippen molar-refractivity contribution in [2.24, 2.45) is 5.92 Å². The standard InChI is InChI=1S/C15H21NO2/c1-16-15(11-6-2-3-7-11)14-10-17-12-8-4-5-9-13(12)18-14/h4-5,8-9,11,14-16H,2-3,6-7,10H2,1H3. The average molecular weight is 247 g/mol. The molecule has 0 spiro atoms. The van der Waals surface area contributed by atoms with Crippen LogP contribution in [0.4, 0.5) is 0 Å². The number of para-hydroxylation sites is 2. The zero-order valence-electron chi connectivity index (χ0n) is 10.9. The molecule has 0 amide bonds. The predicted octanol–water partition coefficient (Wildman–Crippen LogP) is 2.60. The first-order valence-electron chi connectivity index (χ1n) is 6.94. The van der Waals surface area contributed by atoms with Crippen LogP contribution in [-0.2, 0) is 0 Å². The predicted molar refractivity (Wildman–Crippen MR) is 71.2 cm³/mol. The lowest BCUT2D eigenvalue weighted by Crippen LogP contribution is -2.50. The Morgan fingerprint density at radius 2 is 1.89 bits per heavy atom. The van der Waals surface area contributed by atoms with Gasteiger partial charge in [-0.1, -0.05) is 25.0 Å². The van der Waals surface area contributed by atoms with Gasteiger partial charge in [-0.25, -0.2) is 0 Å². The van der Waals surface area contributed by atoms with E-state index in [1.54, 1.807) is 0 Å². The van der Waals surface area contributed by atoms with Gasteiger partial charge in [-0.15, -0.1) is 0 Å². The number of fused-ring (bicyclic) bond motifs is 1. The van der Waals surface area contributed by atoms with Crippen LogP contribution in [0, 0.1) is 5.92 Å². The first-order valence-corrected chi connectivity index (χ1v) is 6.94. The zero-order valence-corrected chi connectivity index (χ0v) is 10.9. The van der Waals surface area contributed by atoms with Gasteiger partial charge < -0.3 is 14.8 Å². The highest BCUT2D eigenvalue weighted by Crippen LogP contribution is 2.35. The molecule has 1 aliphatic carbocycles. The molecule has 3 nitrogen and oxygen atoms in total. The number of hydrogen-bond acceptors (Lipinski definition) is 3. The Morgan fingerprint density at radius 3 is 2.61 bits per heavy atom. The fraction of sp³-hybridized carbons (Fsp3) is 0.600. The van der Waals surface area contributed by atoms with E-state index in [1.165, 1.54) is 25.7 Å². The second kappa shape index (κ2) is 5.19. The monoisotopic (exact) mass is 247 g/mol. The summed E-state index contributed by atoms with van der Waals surface area (Å²) in [6, 6.07) is 8.34. The Bertz CT molecular complexity index is 401. The molecule has 1 heterocycles. The summed E-state index contributed by atoms with van der Waals surface area (Å²) in [5.41, 5.74) is 0. The van der Waals surface area contributed by atoms with Gasteiger partial charge in [0.1, 0.15) is 12.7 Å². The third-order valence-electron chi connectivity index (χ3n) is 4.17. The summed E-state index contributed by atoms with van der Waals surface area (Å²) < 4.78 is 11.9. The number of benzene rings is 1. The molecular formula is C15H21NO2. The van der Waals surface area contributed by atoms with E-state index in [-0.39, 0.29) is 6.10 Å². The minimum Gasteiger partial charge on any atom is -0.486 e. The quantitative estimate of drug-likeness (QED) is 0.890. The summed E-state index contributed by atoms with van der Waals surface area (Å²) in [7, 11) is 2.03. The van der Waals surface area contributed by atoms with E-state index < -0.39 is 0 Å². The summed E-state index contributed by atoms with van der Waals surface area (Å²) in [5, 5.41) is 3.44. The van der Waals surface area contributed by atoms with Crippen LogP contribution >= 0.6 is 0 Å². The highest BCUT2D eigenvalue weighted by molar-refractivity contribution is 5.40. The maximum atomic E-state index is 6.11. The summed E-state index contributed by atoms with van der Waals surface area (Å²) in [5.74, 6) is 2.48. The van der Waals surface area contributed by atoms with E-state index in [1.807, 2.05) is 31.3 Å². The molecule has 3 rings (SSSR count). The second-order valence-electron chi connectivity index (χ2n) is 5.27. The van der Waals surface area contributed by atoms with Gasteiger partial charge in [0.25, 0.3) is 0 Å². The van der Waals surface area contributed by atoms with Crippen LogP contribution in [0.1, 0.15) is 25.7 Å². The van der Waals surface area contributed by atoms with E-state index in [0.717, 1.165) is 17.4 Å². The maximum Gasteiger partial charge on any atom is 0.161 e. The van der Waals surface area contributed by atoms with Crippen molar-refractivity contribution in [1.82, 2.24) is 5.32 Å². The molecule has 1 saturated carbocycles. The first-order chi connectivity index (χ1) is 8.88. The van der Waals surface area contributed by atoms with Crippen LogP contribution in [0.2, 0.25) is 0 Å². The van der Waals surface area contributed by atoms with Crippen molar-refractivity contribution in [3.8, 4) is 11.5 Å². The molecule has 1 aromatic carbocycles. The number of rotatable bonds is 3. The summed E-state index contributed by atoms with van der Waals surface area (Å²) in [4.78, 5) is 0. The van der Waals surface area contributed by atoms with Crippen LogP contribution in [0.25, 0.3) is 0 Å². The van der Waals surface area contributed by atoms with Gasteiger partial charge in [-0.3, -0.25) is 0 Å². The van der Waals surface area contributed by atoms with Gasteiger partial charge in [-0.2, -0.15) is 0 Å². The van der Waals surface area contributed by atoms with Crippen molar-refractivity contribution in [2.75, 3.05) is 13.7 Å². The Hall–Kier alpha value is -1.22. The molecule has 1 fully saturated rings. The molecule has 1 N–H and O–H groups in total. The number of likely N-dealkylation sites (N-methyl/N-ethyl adjacent to an activating group) is 1. The Balaban J connectivity index is 1.73. The Morgan fingerprint density at radius 1 is 1.17 bits per heavy atom. The molecule has 3 heteroatoms. The molecule has 0 radical (unpaired) electrons. The van der Waals surface area contributed by atoms with E-state index in [2.05, 4.69) is 5.32 Å². The highest BCUT2D eigenvalue weighted by Gasteiger charge is 2.34. The topological polar surface area (TPSA) is 30.5 Å². The van der Waals surface area contributed by atoms with E-state index >= 15 is 0 Å². The average Bonchev–Trinajstić information content (AvgIpc) is 2.93. The third kappa shape index (κ3) is 2.19. The molecule has 0 bridgehead atoms. The van der Waals surface area contributed by atoms with Crippen molar-refractivity contribution in [3.63, 3.8) is 0 Å². The SMILES string of the molecule is CNC(C1CCCC1)C1COc2ccccc2O1. The number of hydrogen-bond donors (Lipinski definition) is 1. The lowest BCUT2D eigenvalue weighted by Gasteiger charge is -2.35. The van der Waals surface area contributed by atoms with Crippen molar-refractivity contribution < 1.29 is 9.47 Å². The molecule has 2 aliphatic rings. The smallest absolute Gasteiger partial charge is 0.161 e. The van der Waals surface area contributed by atoms with Crippen LogP contribution in [0.15, 0.2) is 24.3 Å². The van der Waals surface area contributed by atoms with Gasteiger partial charge in [0, 0.05) is 0 Å². The van der Waals surface area contributed by atoms with Crippen molar-refractivity contribution >= 4 is 0 Å². The molecule has 2 atom stereocenters. The fourth-order valence-electron chi connectivity index (χ4n) is 3.25. The van der Waals surface area contributed by atoms with Crippen molar-refractivity contribution in [3.05, 3.63) is 24.3 Å². The summed E-state index contributed by atoms with van der Waals surface area (Å²) in [6.07, 6.45) is 5.47. The molecular weight excluding hydrogens is 226 g/mol. The lowest BCUT2D eigenvalue weighted by atomic mass is 9.93. The molecule has 1 aliphatic heterocycles. The minimum absolute atomic E-state index is 0.132. The highest BCUT2D eigenvalue weighted by atomic mass is 16.6. The van der Waals surface area contributed by atoms with Gasteiger partial charge in [0.2, 0.25) is 0 Å². The maximum absolute atomic E-state index is 6.11. The van der Waals surface area contributed by atoms with Crippen molar-refractivity contribution in [1.29, 1.82) is 0 Å². The van der Waals surface area contributed by atoms with Gasteiger partial charge >= 0.3 is 0 Å². The van der Waals surface area contributed by atoms with Crippen molar-refractivity contribution in [2.45, 2.75) is 37.8 Å².